The van der Waals surface area contributed by atoms with Gasteiger partial charge in [0.05, 0.1) is 5.75 Å². The summed E-state index contributed by atoms with van der Waals surface area (Å²) in [6, 6.07) is 5.78. The average Bonchev–Trinajstić information content (AvgIpc) is 2.41. The number of benzene rings is 1. The molecule has 0 spiro atoms. The van der Waals surface area contributed by atoms with E-state index in [0.29, 0.717) is 0 Å². The Kier molecular flexibility index (Phi) is 2.37. The molecule has 0 bridgehead atoms. The van der Waals surface area contributed by atoms with Crippen LogP contribution in [0.1, 0.15) is 15.9 Å². The molecule has 2 heteroatoms. The summed E-state index contributed by atoms with van der Waals surface area (Å²) in [4.78, 5) is 11.8. The van der Waals surface area contributed by atoms with Crippen molar-refractivity contribution < 1.29 is 4.79 Å². The molecule has 2 rings (SSSR count). The lowest BCUT2D eigenvalue weighted by molar-refractivity contribution is 0.112. The van der Waals surface area contributed by atoms with Crippen LogP contribution in [0.25, 0.3) is 0 Å². The van der Waals surface area contributed by atoms with Gasteiger partial charge in [-0.2, -0.15) is 0 Å². The van der Waals surface area contributed by atoms with Crippen LogP contribution in [0.2, 0.25) is 0 Å². The van der Waals surface area contributed by atoms with Gasteiger partial charge >= 0.3 is 0 Å². The molecule has 0 N–H and O–H groups in total. The minimum absolute atomic E-state index is 0.739. The van der Waals surface area contributed by atoms with Crippen LogP contribution in [0.3, 0.4) is 0 Å². The molecule has 1 aromatic rings. The molecule has 1 aromatic carbocycles. The van der Waals surface area contributed by atoms with Crippen molar-refractivity contribution in [2.45, 2.75) is 11.3 Å². The van der Waals surface area contributed by atoms with Crippen molar-refractivity contribution in [1.29, 1.82) is 0 Å². The van der Waals surface area contributed by atoms with Crippen LogP contribution >= 0.6 is 11.8 Å². The van der Waals surface area contributed by atoms with Gasteiger partial charge in [-0.15, -0.1) is 11.8 Å². The summed E-state index contributed by atoms with van der Waals surface area (Å²) >= 11 is 1.74. The van der Waals surface area contributed by atoms with Crippen molar-refractivity contribution in [3.8, 4) is 11.8 Å². The van der Waals surface area contributed by atoms with E-state index in [1.807, 2.05) is 18.2 Å². The molecule has 0 aromatic heterocycles. The highest BCUT2D eigenvalue weighted by Crippen LogP contribution is 2.25. The molecular weight excluding hydrogens is 180 g/mol. The summed E-state index contributed by atoms with van der Waals surface area (Å²) in [6.07, 6.45) is 1.65. The fraction of sp³-hybridized carbons (Fsp3) is 0.182. The van der Waals surface area contributed by atoms with Gasteiger partial charge in [0.2, 0.25) is 0 Å². The molecule has 1 aliphatic rings. The average molecular weight is 188 g/mol. The van der Waals surface area contributed by atoms with Gasteiger partial charge in [-0.3, -0.25) is 4.79 Å². The number of fused-ring (bicyclic) bond motifs is 1. The Morgan fingerprint density at radius 2 is 2.31 bits per heavy atom. The highest BCUT2D eigenvalue weighted by molar-refractivity contribution is 7.99. The standard InChI is InChI=1S/C11H8OS/c12-8-9-4-5-11-10(7-9)3-1-2-6-13-11/h4-5,7-8H,3,6H2. The van der Waals surface area contributed by atoms with E-state index in [9.17, 15) is 4.79 Å². The molecule has 1 aliphatic heterocycles. The van der Waals surface area contributed by atoms with Crippen LogP contribution in [0, 0.1) is 11.8 Å². The first-order valence-corrected chi connectivity index (χ1v) is 5.05. The third-order valence-electron chi connectivity index (χ3n) is 1.92. The molecule has 0 saturated carbocycles. The zero-order chi connectivity index (χ0) is 9.10. The maximum atomic E-state index is 10.5. The fourth-order valence-corrected chi connectivity index (χ4v) is 2.08. The second-order valence-corrected chi connectivity index (χ2v) is 3.82. The van der Waals surface area contributed by atoms with Crippen LogP contribution in [0.15, 0.2) is 23.1 Å². The van der Waals surface area contributed by atoms with E-state index in [4.69, 9.17) is 0 Å². The zero-order valence-electron chi connectivity index (χ0n) is 7.04. The van der Waals surface area contributed by atoms with Gasteiger partial charge in [-0.25, -0.2) is 0 Å². The molecule has 1 heterocycles. The Balaban J connectivity index is 2.44. The van der Waals surface area contributed by atoms with Crippen molar-refractivity contribution in [1.82, 2.24) is 0 Å². The molecule has 64 valence electrons. The van der Waals surface area contributed by atoms with E-state index >= 15 is 0 Å². The van der Waals surface area contributed by atoms with E-state index < -0.39 is 0 Å². The first-order valence-electron chi connectivity index (χ1n) is 4.07. The largest absolute Gasteiger partial charge is 0.298 e. The highest BCUT2D eigenvalue weighted by Gasteiger charge is 2.04. The number of carbonyl (C=O) groups is 1. The van der Waals surface area contributed by atoms with Gasteiger partial charge in [0.1, 0.15) is 6.29 Å². The van der Waals surface area contributed by atoms with Crippen LogP contribution < -0.4 is 0 Å². The first kappa shape index (κ1) is 8.40. The number of carbonyl (C=O) groups excluding carboxylic acids is 1. The van der Waals surface area contributed by atoms with E-state index in [-0.39, 0.29) is 0 Å². The van der Waals surface area contributed by atoms with E-state index in [0.717, 1.165) is 24.0 Å². The topological polar surface area (TPSA) is 17.1 Å². The number of aldehydes is 1. The summed E-state index contributed by atoms with van der Waals surface area (Å²) in [6.45, 7) is 0. The summed E-state index contributed by atoms with van der Waals surface area (Å²) in [5.74, 6) is 6.98. The van der Waals surface area contributed by atoms with Gasteiger partial charge < -0.3 is 0 Å². The molecule has 0 unspecified atom stereocenters. The Morgan fingerprint density at radius 1 is 1.38 bits per heavy atom. The van der Waals surface area contributed by atoms with Gasteiger partial charge in [0.15, 0.2) is 0 Å². The van der Waals surface area contributed by atoms with Crippen LogP contribution in [-0.2, 0) is 6.42 Å². The van der Waals surface area contributed by atoms with Crippen LogP contribution in [0.5, 0.6) is 0 Å². The number of hydrogen-bond donors (Lipinski definition) is 0. The van der Waals surface area contributed by atoms with Crippen molar-refractivity contribution in [2.75, 3.05) is 5.75 Å². The molecular formula is C11H8OS. The Hall–Kier alpha value is -1.20. The third kappa shape index (κ3) is 1.76. The van der Waals surface area contributed by atoms with Gasteiger partial charge in [0.25, 0.3) is 0 Å². The maximum Gasteiger partial charge on any atom is 0.150 e. The molecule has 0 radical (unpaired) electrons. The Morgan fingerprint density at radius 3 is 3.15 bits per heavy atom. The zero-order valence-corrected chi connectivity index (χ0v) is 7.86. The smallest absolute Gasteiger partial charge is 0.150 e. The van der Waals surface area contributed by atoms with E-state index in [2.05, 4.69) is 11.8 Å². The lowest BCUT2D eigenvalue weighted by Gasteiger charge is -2.03. The van der Waals surface area contributed by atoms with Gasteiger partial charge in [-0.1, -0.05) is 17.9 Å². The summed E-state index contributed by atoms with van der Waals surface area (Å²) < 4.78 is 0. The monoisotopic (exact) mass is 188 g/mol. The molecule has 1 nitrogen and oxygen atoms in total. The Bertz CT molecular complexity index is 398. The predicted molar refractivity (Wildman–Crippen MR) is 54.0 cm³/mol. The number of rotatable bonds is 1. The highest BCUT2D eigenvalue weighted by atomic mass is 32.2. The molecule has 13 heavy (non-hydrogen) atoms. The first-order chi connectivity index (χ1) is 6.40. The van der Waals surface area contributed by atoms with E-state index in [1.165, 1.54) is 10.5 Å². The quantitative estimate of drug-likeness (QED) is 0.496. The minimum atomic E-state index is 0.739. The summed E-state index contributed by atoms with van der Waals surface area (Å²) in [5.41, 5.74) is 1.92. The van der Waals surface area contributed by atoms with Gasteiger partial charge in [-0.05, 0) is 17.7 Å². The molecule has 0 amide bonds. The third-order valence-corrected chi connectivity index (χ3v) is 2.92. The molecule has 0 atom stereocenters. The van der Waals surface area contributed by atoms with Crippen molar-refractivity contribution >= 4 is 18.0 Å². The summed E-state index contributed by atoms with van der Waals surface area (Å²) in [5, 5.41) is 0. The SMILES string of the molecule is O=Cc1ccc2c(c1)CC#CCS2. The lowest BCUT2D eigenvalue weighted by Crippen LogP contribution is -1.88. The fourth-order valence-electron chi connectivity index (χ4n) is 1.27. The predicted octanol–water partition coefficient (Wildman–Crippen LogP) is 2.15. The Labute approximate surface area is 81.5 Å². The normalized spacial score (nSPS) is 13.5. The van der Waals surface area contributed by atoms with E-state index in [1.54, 1.807) is 11.8 Å². The maximum absolute atomic E-state index is 10.5. The molecule has 0 fully saturated rings. The second kappa shape index (κ2) is 3.68. The number of thioether (sulfide) groups is 1. The number of hydrogen-bond acceptors (Lipinski definition) is 2. The summed E-state index contributed by atoms with van der Waals surface area (Å²) in [7, 11) is 0. The van der Waals surface area contributed by atoms with Crippen molar-refractivity contribution in [3.63, 3.8) is 0 Å². The van der Waals surface area contributed by atoms with Gasteiger partial charge in [0, 0.05) is 16.9 Å². The molecule has 0 aliphatic carbocycles. The van der Waals surface area contributed by atoms with Crippen molar-refractivity contribution in [2.24, 2.45) is 0 Å². The van der Waals surface area contributed by atoms with Crippen molar-refractivity contribution in [3.05, 3.63) is 29.3 Å². The molecule has 0 saturated heterocycles. The van der Waals surface area contributed by atoms with Crippen LogP contribution in [-0.4, -0.2) is 12.0 Å². The minimum Gasteiger partial charge on any atom is -0.298 e. The van der Waals surface area contributed by atoms with Crippen LogP contribution in [0.4, 0.5) is 0 Å². The lowest BCUT2D eigenvalue weighted by atomic mass is 10.1. The second-order valence-electron chi connectivity index (χ2n) is 2.80.